The molecule has 1 heterocycles. The molecule has 1 saturated carbocycles. The Morgan fingerprint density at radius 1 is 1.21 bits per heavy atom. The van der Waals surface area contributed by atoms with Crippen LogP contribution >= 0.6 is 15.9 Å². The first-order valence-corrected chi connectivity index (χ1v) is 9.71. The first-order valence-electron chi connectivity index (χ1n) is 8.92. The van der Waals surface area contributed by atoms with Gasteiger partial charge in [-0.2, -0.15) is 0 Å². The third-order valence-electron chi connectivity index (χ3n) is 5.37. The van der Waals surface area contributed by atoms with Gasteiger partial charge in [-0.25, -0.2) is 9.18 Å². The summed E-state index contributed by atoms with van der Waals surface area (Å²) < 4.78 is 35.4. The fraction of sp³-hybridized carbons (Fsp3) is 0.450. The molecule has 3 rings (SSSR count). The lowest BCUT2D eigenvalue weighted by atomic mass is 9.59. The SMILES string of the molecule is CCOC(=O)c1cnc2c(Br)c(F)ccc2c1C1(C(=O)OC)CC(OC)(OC)C1. The molecule has 156 valence electrons. The molecule has 0 unspecified atom stereocenters. The van der Waals surface area contributed by atoms with Crippen LogP contribution in [0.1, 0.15) is 35.7 Å². The van der Waals surface area contributed by atoms with Gasteiger partial charge in [-0.05, 0) is 40.5 Å². The summed E-state index contributed by atoms with van der Waals surface area (Å²) >= 11 is 3.20. The average Bonchev–Trinajstić information content (AvgIpc) is 2.70. The molecule has 29 heavy (non-hydrogen) atoms. The number of esters is 2. The zero-order valence-electron chi connectivity index (χ0n) is 16.5. The van der Waals surface area contributed by atoms with Crippen molar-refractivity contribution in [3.05, 3.63) is 39.7 Å². The Morgan fingerprint density at radius 2 is 1.86 bits per heavy atom. The van der Waals surface area contributed by atoms with Crippen LogP contribution in [0, 0.1) is 5.82 Å². The number of rotatable bonds is 6. The Balaban J connectivity index is 2.34. The van der Waals surface area contributed by atoms with Crippen LogP contribution in [0.2, 0.25) is 0 Å². The normalized spacial score (nSPS) is 16.9. The summed E-state index contributed by atoms with van der Waals surface area (Å²) in [4.78, 5) is 29.9. The van der Waals surface area contributed by atoms with Crippen LogP contribution in [0.5, 0.6) is 0 Å². The molecule has 2 aromatic rings. The Morgan fingerprint density at radius 3 is 2.41 bits per heavy atom. The van der Waals surface area contributed by atoms with Crippen molar-refractivity contribution in [2.45, 2.75) is 31.0 Å². The number of hydrogen-bond acceptors (Lipinski definition) is 7. The summed E-state index contributed by atoms with van der Waals surface area (Å²) in [6.07, 6.45) is 1.52. The van der Waals surface area contributed by atoms with Crippen molar-refractivity contribution in [3.63, 3.8) is 0 Å². The van der Waals surface area contributed by atoms with Gasteiger partial charge in [0.1, 0.15) is 11.2 Å². The first kappa shape index (κ1) is 21.6. The maximum atomic E-state index is 14.1. The Labute approximate surface area is 175 Å². The molecule has 0 spiro atoms. The van der Waals surface area contributed by atoms with Crippen molar-refractivity contribution in [1.82, 2.24) is 4.98 Å². The highest BCUT2D eigenvalue weighted by molar-refractivity contribution is 9.10. The molecule has 1 aliphatic carbocycles. The molecule has 0 atom stereocenters. The van der Waals surface area contributed by atoms with Gasteiger partial charge >= 0.3 is 11.9 Å². The van der Waals surface area contributed by atoms with E-state index in [9.17, 15) is 14.0 Å². The van der Waals surface area contributed by atoms with Crippen molar-refractivity contribution in [1.29, 1.82) is 0 Å². The van der Waals surface area contributed by atoms with Crippen LogP contribution in [0.25, 0.3) is 10.9 Å². The van der Waals surface area contributed by atoms with E-state index in [-0.39, 0.29) is 35.0 Å². The van der Waals surface area contributed by atoms with Gasteiger partial charge < -0.3 is 18.9 Å². The largest absolute Gasteiger partial charge is 0.468 e. The second-order valence-corrected chi connectivity index (χ2v) is 7.56. The lowest BCUT2D eigenvalue weighted by Gasteiger charge is -2.52. The van der Waals surface area contributed by atoms with Gasteiger partial charge in [0.25, 0.3) is 0 Å². The molecule has 0 N–H and O–H groups in total. The van der Waals surface area contributed by atoms with Crippen molar-refractivity contribution in [3.8, 4) is 0 Å². The molecule has 0 aliphatic heterocycles. The van der Waals surface area contributed by atoms with Gasteiger partial charge in [-0.3, -0.25) is 9.78 Å². The third kappa shape index (κ3) is 3.31. The minimum Gasteiger partial charge on any atom is -0.468 e. The number of methoxy groups -OCH3 is 3. The number of benzene rings is 1. The molecule has 9 heteroatoms. The Kier molecular flexibility index (Phi) is 5.93. The summed E-state index contributed by atoms with van der Waals surface area (Å²) in [6.45, 7) is 1.83. The maximum absolute atomic E-state index is 14.1. The Hall–Kier alpha value is -2.10. The number of fused-ring (bicyclic) bond motifs is 1. The highest BCUT2D eigenvalue weighted by Crippen LogP contribution is 2.55. The zero-order chi connectivity index (χ0) is 21.4. The molecule has 0 saturated heterocycles. The number of halogens is 2. The monoisotopic (exact) mass is 469 g/mol. The number of pyridine rings is 1. The van der Waals surface area contributed by atoms with E-state index in [4.69, 9.17) is 18.9 Å². The third-order valence-corrected chi connectivity index (χ3v) is 6.12. The lowest BCUT2D eigenvalue weighted by Crippen LogP contribution is -2.61. The smallest absolute Gasteiger partial charge is 0.340 e. The molecule has 0 bridgehead atoms. The van der Waals surface area contributed by atoms with Crippen molar-refractivity contribution in [2.24, 2.45) is 0 Å². The second kappa shape index (κ2) is 7.97. The summed E-state index contributed by atoms with van der Waals surface area (Å²) in [7, 11) is 4.23. The molecule has 7 nitrogen and oxygen atoms in total. The molecule has 0 amide bonds. The lowest BCUT2D eigenvalue weighted by molar-refractivity contribution is -0.278. The van der Waals surface area contributed by atoms with E-state index in [1.165, 1.54) is 39.7 Å². The van der Waals surface area contributed by atoms with Gasteiger partial charge in [0, 0.05) is 38.6 Å². The van der Waals surface area contributed by atoms with E-state index in [2.05, 4.69) is 20.9 Å². The number of aromatic nitrogens is 1. The fourth-order valence-corrected chi connectivity index (χ4v) is 4.39. The number of hydrogen-bond donors (Lipinski definition) is 0. The summed E-state index contributed by atoms with van der Waals surface area (Å²) in [6, 6.07) is 2.74. The minimum atomic E-state index is -1.25. The van der Waals surface area contributed by atoms with Crippen molar-refractivity contribution in [2.75, 3.05) is 27.9 Å². The molecular weight excluding hydrogens is 449 g/mol. The highest BCUT2D eigenvalue weighted by atomic mass is 79.9. The topological polar surface area (TPSA) is 84.0 Å². The molecule has 1 aliphatic rings. The van der Waals surface area contributed by atoms with Crippen LogP contribution < -0.4 is 0 Å². The molecule has 1 fully saturated rings. The van der Waals surface area contributed by atoms with Crippen LogP contribution in [0.15, 0.2) is 22.8 Å². The molecule has 0 radical (unpaired) electrons. The van der Waals surface area contributed by atoms with Gasteiger partial charge in [0.2, 0.25) is 0 Å². The maximum Gasteiger partial charge on any atom is 0.340 e. The van der Waals surface area contributed by atoms with E-state index in [0.29, 0.717) is 10.9 Å². The average molecular weight is 470 g/mol. The number of ether oxygens (including phenoxy) is 4. The van der Waals surface area contributed by atoms with Crippen LogP contribution in [0.3, 0.4) is 0 Å². The van der Waals surface area contributed by atoms with Crippen molar-refractivity contribution >= 4 is 38.8 Å². The number of carbonyl (C=O) groups excluding carboxylic acids is 2. The fourth-order valence-electron chi connectivity index (χ4n) is 3.94. The summed E-state index contributed by atoms with van der Waals surface area (Å²) in [5.41, 5.74) is -0.493. The van der Waals surface area contributed by atoms with E-state index >= 15 is 0 Å². The van der Waals surface area contributed by atoms with E-state index in [1.807, 2.05) is 0 Å². The van der Waals surface area contributed by atoms with E-state index in [0.717, 1.165) is 0 Å². The quantitative estimate of drug-likeness (QED) is 0.472. The van der Waals surface area contributed by atoms with Crippen LogP contribution in [-0.4, -0.2) is 50.6 Å². The zero-order valence-corrected chi connectivity index (χ0v) is 18.1. The van der Waals surface area contributed by atoms with Gasteiger partial charge in [-0.1, -0.05) is 0 Å². The number of nitrogens with zero attached hydrogens (tertiary/aromatic N) is 1. The Bertz CT molecular complexity index is 967. The van der Waals surface area contributed by atoms with Gasteiger partial charge in [-0.15, -0.1) is 0 Å². The van der Waals surface area contributed by atoms with E-state index in [1.54, 1.807) is 6.92 Å². The minimum absolute atomic E-state index is 0.111. The predicted octanol–water partition coefficient (Wildman–Crippen LogP) is 3.51. The number of carbonyl (C=O) groups is 2. The molecule has 1 aromatic heterocycles. The standard InChI is InChI=1S/C20H21BrFNO6/c1-5-29-17(24)12-8-23-16-11(6-7-13(22)15(16)21)14(12)19(18(25)26-2)9-20(10-19,27-3)28-4/h6-8H,5,9-10H2,1-4H3. The van der Waals surface area contributed by atoms with Crippen LogP contribution in [-0.2, 0) is 29.2 Å². The molecular formula is C20H21BrFNO6. The van der Waals surface area contributed by atoms with Crippen molar-refractivity contribution < 1.29 is 32.9 Å². The van der Waals surface area contributed by atoms with Gasteiger partial charge in [0.05, 0.1) is 29.3 Å². The summed E-state index contributed by atoms with van der Waals surface area (Å²) in [5, 5.41) is 0.440. The predicted molar refractivity (Wildman–Crippen MR) is 105 cm³/mol. The molecule has 1 aromatic carbocycles. The highest BCUT2D eigenvalue weighted by Gasteiger charge is 2.63. The van der Waals surface area contributed by atoms with E-state index < -0.39 is 29.0 Å². The van der Waals surface area contributed by atoms with Gasteiger partial charge in [0.15, 0.2) is 5.79 Å². The summed E-state index contributed by atoms with van der Waals surface area (Å²) in [5.74, 6) is -2.70. The first-order chi connectivity index (χ1) is 13.8. The second-order valence-electron chi connectivity index (χ2n) is 6.77. The van der Waals surface area contributed by atoms with Crippen LogP contribution in [0.4, 0.5) is 4.39 Å².